The van der Waals surface area contributed by atoms with E-state index < -0.39 is 0 Å². The van der Waals surface area contributed by atoms with E-state index in [0.29, 0.717) is 12.1 Å². The Hall–Kier alpha value is -0.830. The SMILES string of the molecule is CCNC(Cc1ccn(C(CC)CC)n1)C1CCCC1. The van der Waals surface area contributed by atoms with Gasteiger partial charge in [-0.25, -0.2) is 0 Å². The van der Waals surface area contributed by atoms with Crippen molar-refractivity contribution >= 4 is 0 Å². The van der Waals surface area contributed by atoms with Gasteiger partial charge in [0.25, 0.3) is 0 Å². The largest absolute Gasteiger partial charge is 0.314 e. The Bertz CT molecular complexity index is 375. The Labute approximate surface area is 124 Å². The minimum Gasteiger partial charge on any atom is -0.314 e. The summed E-state index contributed by atoms with van der Waals surface area (Å²) in [5.74, 6) is 0.855. The first-order valence-electron chi connectivity index (χ1n) is 8.55. The Morgan fingerprint density at radius 1 is 1.25 bits per heavy atom. The van der Waals surface area contributed by atoms with Crippen LogP contribution in [-0.2, 0) is 6.42 Å². The smallest absolute Gasteiger partial charge is 0.0640 e. The molecule has 0 aromatic carbocycles. The Morgan fingerprint density at radius 3 is 2.55 bits per heavy atom. The number of likely N-dealkylation sites (N-methyl/N-ethyl adjacent to an activating group) is 1. The Morgan fingerprint density at radius 2 is 1.95 bits per heavy atom. The molecule has 1 aliphatic rings. The van der Waals surface area contributed by atoms with Gasteiger partial charge in [-0.05, 0) is 44.2 Å². The first-order valence-corrected chi connectivity index (χ1v) is 8.55. The number of rotatable bonds is 8. The fourth-order valence-corrected chi connectivity index (χ4v) is 3.61. The van der Waals surface area contributed by atoms with Gasteiger partial charge >= 0.3 is 0 Å². The lowest BCUT2D eigenvalue weighted by Crippen LogP contribution is -2.37. The zero-order chi connectivity index (χ0) is 14.4. The summed E-state index contributed by atoms with van der Waals surface area (Å²) >= 11 is 0. The zero-order valence-electron chi connectivity index (χ0n) is 13.4. The van der Waals surface area contributed by atoms with Crippen LogP contribution < -0.4 is 5.32 Å². The predicted molar refractivity (Wildman–Crippen MR) is 85.0 cm³/mol. The summed E-state index contributed by atoms with van der Waals surface area (Å²) in [6.07, 6.45) is 11.2. The molecule has 1 heterocycles. The third-order valence-electron chi connectivity index (χ3n) is 4.84. The molecule has 0 spiro atoms. The maximum atomic E-state index is 4.82. The highest BCUT2D eigenvalue weighted by Gasteiger charge is 2.25. The standard InChI is InChI=1S/C17H31N3/c1-4-16(5-2)20-12-11-15(19-20)13-17(18-6-3)14-9-7-8-10-14/h11-12,14,16-18H,4-10,13H2,1-3H3. The average molecular weight is 277 g/mol. The summed E-state index contributed by atoms with van der Waals surface area (Å²) in [6, 6.07) is 3.40. The van der Waals surface area contributed by atoms with Crippen LogP contribution in [0.25, 0.3) is 0 Å². The van der Waals surface area contributed by atoms with Crippen molar-refractivity contribution in [2.24, 2.45) is 5.92 Å². The summed E-state index contributed by atoms with van der Waals surface area (Å²) in [4.78, 5) is 0. The molecule has 0 saturated heterocycles. The fraction of sp³-hybridized carbons (Fsp3) is 0.824. The minimum absolute atomic E-state index is 0.563. The molecule has 20 heavy (non-hydrogen) atoms. The van der Waals surface area contributed by atoms with Crippen LogP contribution in [0.2, 0.25) is 0 Å². The molecule has 0 radical (unpaired) electrons. The third-order valence-corrected chi connectivity index (χ3v) is 4.84. The van der Waals surface area contributed by atoms with E-state index in [0.717, 1.165) is 31.7 Å². The minimum atomic E-state index is 0.563. The maximum absolute atomic E-state index is 4.82. The van der Waals surface area contributed by atoms with Crippen LogP contribution in [0.3, 0.4) is 0 Å². The summed E-state index contributed by atoms with van der Waals surface area (Å²) in [7, 11) is 0. The van der Waals surface area contributed by atoms with E-state index in [1.165, 1.54) is 31.4 Å². The monoisotopic (exact) mass is 277 g/mol. The number of hydrogen-bond donors (Lipinski definition) is 1. The third kappa shape index (κ3) is 3.85. The molecule has 3 heteroatoms. The van der Waals surface area contributed by atoms with Crippen LogP contribution in [0, 0.1) is 5.92 Å². The molecule has 1 unspecified atom stereocenters. The topological polar surface area (TPSA) is 29.9 Å². The second-order valence-electron chi connectivity index (χ2n) is 6.17. The molecular weight excluding hydrogens is 246 g/mol. The van der Waals surface area contributed by atoms with Crippen LogP contribution in [0.1, 0.15) is 71.0 Å². The van der Waals surface area contributed by atoms with Crippen LogP contribution in [0.4, 0.5) is 0 Å². The van der Waals surface area contributed by atoms with Gasteiger partial charge in [0.05, 0.1) is 11.7 Å². The Kier molecular flexibility index (Phi) is 6.08. The molecule has 1 N–H and O–H groups in total. The molecule has 114 valence electrons. The second kappa shape index (κ2) is 7.82. The molecule has 0 aliphatic heterocycles. The highest BCUT2D eigenvalue weighted by molar-refractivity contribution is 5.03. The highest BCUT2D eigenvalue weighted by atomic mass is 15.3. The first kappa shape index (κ1) is 15.6. The number of aromatic nitrogens is 2. The Balaban J connectivity index is 1.99. The maximum Gasteiger partial charge on any atom is 0.0640 e. The van der Waals surface area contributed by atoms with Crippen molar-refractivity contribution in [1.29, 1.82) is 0 Å². The zero-order valence-corrected chi connectivity index (χ0v) is 13.4. The van der Waals surface area contributed by atoms with Gasteiger partial charge in [-0.15, -0.1) is 0 Å². The van der Waals surface area contributed by atoms with Crippen LogP contribution in [0.15, 0.2) is 12.3 Å². The van der Waals surface area contributed by atoms with Gasteiger partial charge in [0.2, 0.25) is 0 Å². The number of hydrogen-bond acceptors (Lipinski definition) is 2. The van der Waals surface area contributed by atoms with Gasteiger partial charge in [0, 0.05) is 18.7 Å². The molecule has 1 aliphatic carbocycles. The van der Waals surface area contributed by atoms with Gasteiger partial charge in [-0.2, -0.15) is 5.10 Å². The summed E-state index contributed by atoms with van der Waals surface area (Å²) < 4.78 is 2.17. The summed E-state index contributed by atoms with van der Waals surface area (Å²) in [5.41, 5.74) is 1.26. The molecule has 2 rings (SSSR count). The quantitative estimate of drug-likeness (QED) is 0.779. The molecular formula is C17H31N3. The summed E-state index contributed by atoms with van der Waals surface area (Å²) in [6.45, 7) is 7.77. The van der Waals surface area contributed by atoms with Crippen molar-refractivity contribution in [2.75, 3.05) is 6.54 Å². The van der Waals surface area contributed by atoms with Crippen molar-refractivity contribution in [1.82, 2.24) is 15.1 Å². The highest BCUT2D eigenvalue weighted by Crippen LogP contribution is 2.29. The molecule has 1 aromatic heterocycles. The van der Waals surface area contributed by atoms with Crippen molar-refractivity contribution < 1.29 is 0 Å². The van der Waals surface area contributed by atoms with E-state index in [1.54, 1.807) is 0 Å². The fourth-order valence-electron chi connectivity index (χ4n) is 3.61. The lowest BCUT2D eigenvalue weighted by atomic mass is 9.94. The van der Waals surface area contributed by atoms with Crippen LogP contribution >= 0.6 is 0 Å². The van der Waals surface area contributed by atoms with E-state index in [-0.39, 0.29) is 0 Å². The van der Waals surface area contributed by atoms with Crippen molar-refractivity contribution in [3.05, 3.63) is 18.0 Å². The van der Waals surface area contributed by atoms with Crippen LogP contribution in [0.5, 0.6) is 0 Å². The van der Waals surface area contributed by atoms with E-state index in [1.807, 2.05) is 0 Å². The van der Waals surface area contributed by atoms with Gasteiger partial charge in [0.15, 0.2) is 0 Å². The number of nitrogens with one attached hydrogen (secondary N) is 1. The molecule has 0 bridgehead atoms. The molecule has 1 fully saturated rings. The predicted octanol–water partition coefficient (Wildman–Crippen LogP) is 3.96. The molecule has 1 saturated carbocycles. The second-order valence-corrected chi connectivity index (χ2v) is 6.17. The average Bonchev–Trinajstić information content (AvgIpc) is 3.11. The molecule has 1 atom stereocenters. The van der Waals surface area contributed by atoms with E-state index >= 15 is 0 Å². The van der Waals surface area contributed by atoms with Gasteiger partial charge in [-0.1, -0.05) is 33.6 Å². The molecule has 1 aromatic rings. The molecule has 0 amide bonds. The van der Waals surface area contributed by atoms with Crippen molar-refractivity contribution in [3.63, 3.8) is 0 Å². The lowest BCUT2D eigenvalue weighted by molar-refractivity contribution is 0.356. The number of nitrogens with zero attached hydrogens (tertiary/aromatic N) is 2. The van der Waals surface area contributed by atoms with Crippen LogP contribution in [-0.4, -0.2) is 22.4 Å². The first-order chi connectivity index (χ1) is 9.78. The molecule has 3 nitrogen and oxygen atoms in total. The normalized spacial score (nSPS) is 18.0. The van der Waals surface area contributed by atoms with E-state index in [4.69, 9.17) is 5.10 Å². The van der Waals surface area contributed by atoms with Crippen molar-refractivity contribution in [3.8, 4) is 0 Å². The van der Waals surface area contributed by atoms with Crippen molar-refractivity contribution in [2.45, 2.75) is 77.8 Å². The summed E-state index contributed by atoms with van der Waals surface area (Å²) in [5, 5.41) is 8.51. The van der Waals surface area contributed by atoms with E-state index in [9.17, 15) is 0 Å². The lowest BCUT2D eigenvalue weighted by Gasteiger charge is -2.23. The van der Waals surface area contributed by atoms with Gasteiger partial charge in [-0.3, -0.25) is 4.68 Å². The van der Waals surface area contributed by atoms with Gasteiger partial charge < -0.3 is 5.32 Å². The van der Waals surface area contributed by atoms with E-state index in [2.05, 4.69) is 43.0 Å². The van der Waals surface area contributed by atoms with Gasteiger partial charge in [0.1, 0.15) is 0 Å².